The zero-order valence-electron chi connectivity index (χ0n) is 11.7. The highest BCUT2D eigenvalue weighted by molar-refractivity contribution is 5.40. The highest BCUT2D eigenvalue weighted by Gasteiger charge is 2.26. The van der Waals surface area contributed by atoms with Gasteiger partial charge in [-0.15, -0.1) is 0 Å². The molecular weight excluding hydrogens is 242 g/mol. The summed E-state index contributed by atoms with van der Waals surface area (Å²) in [7, 11) is 3.32. The number of aliphatic hydroxyl groups is 1. The quantitative estimate of drug-likeness (QED) is 0.825. The van der Waals surface area contributed by atoms with Crippen LogP contribution in [0.2, 0.25) is 0 Å². The van der Waals surface area contributed by atoms with Crippen molar-refractivity contribution in [3.05, 3.63) is 23.8 Å². The minimum Gasteiger partial charge on any atom is -0.497 e. The third-order valence-corrected chi connectivity index (χ3v) is 3.94. The second kappa shape index (κ2) is 6.78. The molecule has 0 bridgehead atoms. The monoisotopic (exact) mass is 265 g/mol. The van der Waals surface area contributed by atoms with Crippen LogP contribution in [0.15, 0.2) is 18.2 Å². The molecule has 1 aliphatic carbocycles. The van der Waals surface area contributed by atoms with Gasteiger partial charge in [0.2, 0.25) is 0 Å². The highest BCUT2D eigenvalue weighted by Crippen LogP contribution is 2.27. The molecule has 1 aliphatic rings. The molecule has 0 saturated heterocycles. The van der Waals surface area contributed by atoms with E-state index in [1.54, 1.807) is 14.2 Å². The number of hydrogen-bond acceptors (Lipinski definition) is 4. The number of hydrogen-bond donors (Lipinski definition) is 2. The Morgan fingerprint density at radius 2 is 2.11 bits per heavy atom. The summed E-state index contributed by atoms with van der Waals surface area (Å²) in [4.78, 5) is 0. The number of benzene rings is 1. The van der Waals surface area contributed by atoms with Gasteiger partial charge in [-0.05, 0) is 24.8 Å². The SMILES string of the molecule is COc1ccc(CNC2CCCC2CO)c(OC)c1. The highest BCUT2D eigenvalue weighted by atomic mass is 16.5. The number of methoxy groups -OCH3 is 2. The van der Waals surface area contributed by atoms with Crippen molar-refractivity contribution in [3.8, 4) is 11.5 Å². The molecule has 1 aromatic rings. The lowest BCUT2D eigenvalue weighted by atomic mass is 10.0. The predicted octanol–water partition coefficient (Wildman–Crippen LogP) is 1.95. The Morgan fingerprint density at radius 1 is 1.26 bits per heavy atom. The molecule has 1 aromatic carbocycles. The minimum atomic E-state index is 0.275. The molecule has 0 aromatic heterocycles. The number of nitrogens with one attached hydrogen (secondary N) is 1. The van der Waals surface area contributed by atoms with Crippen LogP contribution in [0.5, 0.6) is 11.5 Å². The molecule has 106 valence electrons. The third-order valence-electron chi connectivity index (χ3n) is 3.94. The summed E-state index contributed by atoms with van der Waals surface area (Å²) in [5.41, 5.74) is 1.12. The van der Waals surface area contributed by atoms with E-state index in [-0.39, 0.29) is 6.61 Å². The van der Waals surface area contributed by atoms with E-state index in [0.717, 1.165) is 36.4 Å². The van der Waals surface area contributed by atoms with Crippen molar-refractivity contribution in [2.75, 3.05) is 20.8 Å². The van der Waals surface area contributed by atoms with Gasteiger partial charge in [-0.2, -0.15) is 0 Å². The van der Waals surface area contributed by atoms with Crippen molar-refractivity contribution in [3.63, 3.8) is 0 Å². The lowest BCUT2D eigenvalue weighted by Gasteiger charge is -2.20. The van der Waals surface area contributed by atoms with Crippen LogP contribution in [0.3, 0.4) is 0 Å². The standard InChI is InChI=1S/C15H23NO3/c1-18-13-7-6-11(15(8-13)19-2)9-16-14-5-3-4-12(14)10-17/h6-8,12,14,16-17H,3-5,9-10H2,1-2H3. The molecule has 0 spiro atoms. The van der Waals surface area contributed by atoms with E-state index in [1.165, 1.54) is 6.42 Å². The fraction of sp³-hybridized carbons (Fsp3) is 0.600. The summed E-state index contributed by atoms with van der Waals surface area (Å²) in [6.45, 7) is 1.03. The molecule has 2 unspecified atom stereocenters. The van der Waals surface area contributed by atoms with Gasteiger partial charge < -0.3 is 19.9 Å². The molecule has 4 heteroatoms. The van der Waals surface area contributed by atoms with Crippen LogP contribution < -0.4 is 14.8 Å². The maximum absolute atomic E-state index is 9.32. The second-order valence-electron chi connectivity index (χ2n) is 5.04. The van der Waals surface area contributed by atoms with E-state index < -0.39 is 0 Å². The Kier molecular flexibility index (Phi) is 5.05. The average Bonchev–Trinajstić information content (AvgIpc) is 2.92. The number of rotatable bonds is 6. The van der Waals surface area contributed by atoms with Crippen molar-refractivity contribution >= 4 is 0 Å². The third kappa shape index (κ3) is 3.39. The Morgan fingerprint density at radius 3 is 2.79 bits per heavy atom. The summed E-state index contributed by atoms with van der Waals surface area (Å²) in [6.07, 6.45) is 3.46. The van der Waals surface area contributed by atoms with Crippen LogP contribution in [0.4, 0.5) is 0 Å². The Balaban J connectivity index is 1.99. The summed E-state index contributed by atoms with van der Waals surface area (Å²) in [5.74, 6) is 2.03. The van der Waals surface area contributed by atoms with Crippen molar-refractivity contribution in [1.82, 2.24) is 5.32 Å². The fourth-order valence-corrected chi connectivity index (χ4v) is 2.76. The van der Waals surface area contributed by atoms with Crippen LogP contribution in [-0.2, 0) is 6.54 Å². The van der Waals surface area contributed by atoms with E-state index in [4.69, 9.17) is 9.47 Å². The lowest BCUT2D eigenvalue weighted by molar-refractivity contribution is 0.205. The largest absolute Gasteiger partial charge is 0.497 e. The molecule has 1 saturated carbocycles. The summed E-state index contributed by atoms with van der Waals surface area (Å²) in [6, 6.07) is 6.28. The Bertz CT molecular complexity index is 408. The molecule has 0 amide bonds. The van der Waals surface area contributed by atoms with E-state index in [2.05, 4.69) is 5.32 Å². The second-order valence-corrected chi connectivity index (χ2v) is 5.04. The molecule has 1 fully saturated rings. The van der Waals surface area contributed by atoms with Gasteiger partial charge in [0.05, 0.1) is 14.2 Å². The first-order valence-corrected chi connectivity index (χ1v) is 6.83. The fourth-order valence-electron chi connectivity index (χ4n) is 2.76. The van der Waals surface area contributed by atoms with Crippen molar-refractivity contribution < 1.29 is 14.6 Å². The van der Waals surface area contributed by atoms with Crippen LogP contribution in [0, 0.1) is 5.92 Å². The van der Waals surface area contributed by atoms with Crippen molar-refractivity contribution in [2.45, 2.75) is 31.8 Å². The summed E-state index contributed by atoms with van der Waals surface area (Å²) < 4.78 is 10.6. The lowest BCUT2D eigenvalue weighted by Crippen LogP contribution is -2.33. The first-order valence-electron chi connectivity index (χ1n) is 6.83. The molecule has 2 N–H and O–H groups in total. The van der Waals surface area contributed by atoms with Gasteiger partial charge >= 0.3 is 0 Å². The number of ether oxygens (including phenoxy) is 2. The van der Waals surface area contributed by atoms with Crippen LogP contribution in [-0.4, -0.2) is 32.0 Å². The zero-order chi connectivity index (χ0) is 13.7. The summed E-state index contributed by atoms with van der Waals surface area (Å²) in [5, 5.41) is 12.9. The normalized spacial score (nSPS) is 22.5. The van der Waals surface area contributed by atoms with Gasteiger partial charge in [0.1, 0.15) is 11.5 Å². The molecule has 0 radical (unpaired) electrons. The topological polar surface area (TPSA) is 50.7 Å². The van der Waals surface area contributed by atoms with E-state index in [9.17, 15) is 5.11 Å². The maximum Gasteiger partial charge on any atom is 0.127 e. The van der Waals surface area contributed by atoms with Crippen molar-refractivity contribution in [2.24, 2.45) is 5.92 Å². The van der Waals surface area contributed by atoms with E-state index in [0.29, 0.717) is 12.0 Å². The van der Waals surface area contributed by atoms with E-state index in [1.807, 2.05) is 18.2 Å². The van der Waals surface area contributed by atoms with E-state index >= 15 is 0 Å². The number of aliphatic hydroxyl groups excluding tert-OH is 1. The molecule has 2 atom stereocenters. The van der Waals surface area contributed by atoms with Gasteiger partial charge in [-0.25, -0.2) is 0 Å². The summed E-state index contributed by atoms with van der Waals surface area (Å²) >= 11 is 0. The molecule has 19 heavy (non-hydrogen) atoms. The van der Waals surface area contributed by atoms with Gasteiger partial charge in [-0.3, -0.25) is 0 Å². The zero-order valence-corrected chi connectivity index (χ0v) is 11.7. The Hall–Kier alpha value is -1.26. The van der Waals surface area contributed by atoms with Crippen LogP contribution in [0.25, 0.3) is 0 Å². The van der Waals surface area contributed by atoms with Gasteiger partial charge in [0, 0.05) is 30.8 Å². The molecular formula is C15H23NO3. The van der Waals surface area contributed by atoms with Gasteiger partial charge in [0.25, 0.3) is 0 Å². The van der Waals surface area contributed by atoms with Gasteiger partial charge in [-0.1, -0.05) is 12.5 Å². The Labute approximate surface area is 114 Å². The first-order chi connectivity index (χ1) is 9.28. The first kappa shape index (κ1) is 14.2. The molecule has 0 aliphatic heterocycles. The van der Waals surface area contributed by atoms with Crippen LogP contribution >= 0.6 is 0 Å². The van der Waals surface area contributed by atoms with Gasteiger partial charge in [0.15, 0.2) is 0 Å². The smallest absolute Gasteiger partial charge is 0.127 e. The molecule has 4 nitrogen and oxygen atoms in total. The minimum absolute atomic E-state index is 0.275. The molecule has 2 rings (SSSR count). The predicted molar refractivity (Wildman–Crippen MR) is 74.6 cm³/mol. The van der Waals surface area contributed by atoms with Crippen molar-refractivity contribution in [1.29, 1.82) is 0 Å². The maximum atomic E-state index is 9.32. The van der Waals surface area contributed by atoms with Crippen LogP contribution in [0.1, 0.15) is 24.8 Å². The molecule has 0 heterocycles. The average molecular weight is 265 g/mol.